The number of para-hydroxylation sites is 1. The SMILES string of the molecule is NNC(=O)[C@H]1C[C@H]1Oc1ccccc1. The van der Waals surface area contributed by atoms with E-state index in [2.05, 4.69) is 5.43 Å². The summed E-state index contributed by atoms with van der Waals surface area (Å²) in [4.78, 5) is 11.1. The van der Waals surface area contributed by atoms with Gasteiger partial charge in [0.15, 0.2) is 0 Å². The van der Waals surface area contributed by atoms with E-state index in [1.54, 1.807) is 0 Å². The minimum atomic E-state index is -0.147. The Kier molecular flexibility index (Phi) is 2.37. The molecule has 1 fully saturated rings. The molecule has 1 aromatic rings. The molecule has 2 atom stereocenters. The highest BCUT2D eigenvalue weighted by Gasteiger charge is 2.45. The molecule has 0 bridgehead atoms. The molecule has 1 amide bonds. The molecule has 2 rings (SSSR count). The number of hydrogen-bond donors (Lipinski definition) is 2. The van der Waals surface area contributed by atoms with Gasteiger partial charge < -0.3 is 4.74 Å². The fourth-order valence-corrected chi connectivity index (χ4v) is 1.36. The molecule has 0 spiro atoms. The Balaban J connectivity index is 1.88. The lowest BCUT2D eigenvalue weighted by atomic mass is 10.3. The summed E-state index contributed by atoms with van der Waals surface area (Å²) >= 11 is 0. The Morgan fingerprint density at radius 2 is 2.14 bits per heavy atom. The molecule has 1 aliphatic carbocycles. The normalized spacial score (nSPS) is 24.1. The van der Waals surface area contributed by atoms with Crippen LogP contribution in [0.2, 0.25) is 0 Å². The smallest absolute Gasteiger partial charge is 0.240 e. The van der Waals surface area contributed by atoms with Crippen molar-refractivity contribution in [3.8, 4) is 5.75 Å². The van der Waals surface area contributed by atoms with Gasteiger partial charge >= 0.3 is 0 Å². The van der Waals surface area contributed by atoms with Crippen LogP contribution in [-0.4, -0.2) is 12.0 Å². The summed E-state index contributed by atoms with van der Waals surface area (Å²) in [5.41, 5.74) is 2.12. The Morgan fingerprint density at radius 3 is 2.79 bits per heavy atom. The number of hydrogen-bond acceptors (Lipinski definition) is 3. The molecule has 0 saturated heterocycles. The molecule has 1 aliphatic rings. The van der Waals surface area contributed by atoms with E-state index in [-0.39, 0.29) is 17.9 Å². The maximum atomic E-state index is 11.1. The van der Waals surface area contributed by atoms with E-state index in [9.17, 15) is 4.79 Å². The Labute approximate surface area is 82.0 Å². The van der Waals surface area contributed by atoms with Gasteiger partial charge in [-0.3, -0.25) is 10.2 Å². The zero-order valence-electron chi connectivity index (χ0n) is 7.64. The van der Waals surface area contributed by atoms with E-state index in [0.29, 0.717) is 0 Å². The first-order valence-electron chi connectivity index (χ1n) is 4.53. The Morgan fingerprint density at radius 1 is 1.43 bits per heavy atom. The van der Waals surface area contributed by atoms with Crippen LogP contribution in [0.15, 0.2) is 30.3 Å². The summed E-state index contributed by atoms with van der Waals surface area (Å²) in [6.07, 6.45) is 0.735. The van der Waals surface area contributed by atoms with E-state index >= 15 is 0 Å². The minimum absolute atomic E-state index is 0.0130. The summed E-state index contributed by atoms with van der Waals surface area (Å²) in [5.74, 6) is 5.58. The number of rotatable bonds is 3. The predicted octanol–water partition coefficient (Wildman–Crippen LogP) is 0.444. The summed E-state index contributed by atoms with van der Waals surface area (Å²) in [7, 11) is 0. The highest BCUT2D eigenvalue weighted by atomic mass is 16.5. The second kappa shape index (κ2) is 3.67. The van der Waals surface area contributed by atoms with Gasteiger partial charge in [0.05, 0.1) is 5.92 Å². The van der Waals surface area contributed by atoms with Crippen molar-refractivity contribution in [2.24, 2.45) is 11.8 Å². The highest BCUT2D eigenvalue weighted by Crippen LogP contribution is 2.34. The van der Waals surface area contributed by atoms with Gasteiger partial charge in [0.1, 0.15) is 11.9 Å². The van der Waals surface area contributed by atoms with Crippen molar-refractivity contribution in [3.63, 3.8) is 0 Å². The molecule has 1 saturated carbocycles. The number of hydrazine groups is 1. The molecule has 4 nitrogen and oxygen atoms in total. The monoisotopic (exact) mass is 192 g/mol. The van der Waals surface area contributed by atoms with E-state index < -0.39 is 0 Å². The van der Waals surface area contributed by atoms with Crippen molar-refractivity contribution >= 4 is 5.91 Å². The second-order valence-corrected chi connectivity index (χ2v) is 3.32. The van der Waals surface area contributed by atoms with Gasteiger partial charge in [-0.1, -0.05) is 18.2 Å². The van der Waals surface area contributed by atoms with Crippen LogP contribution in [0.1, 0.15) is 6.42 Å². The van der Waals surface area contributed by atoms with Crippen LogP contribution in [0.5, 0.6) is 5.75 Å². The van der Waals surface area contributed by atoms with Crippen molar-refractivity contribution in [1.82, 2.24) is 5.43 Å². The Hall–Kier alpha value is -1.55. The topological polar surface area (TPSA) is 64.3 Å². The van der Waals surface area contributed by atoms with Crippen LogP contribution in [0.25, 0.3) is 0 Å². The molecule has 0 heterocycles. The third-order valence-electron chi connectivity index (χ3n) is 2.24. The third-order valence-corrected chi connectivity index (χ3v) is 2.24. The van der Waals surface area contributed by atoms with Crippen LogP contribution >= 0.6 is 0 Å². The molecule has 4 heteroatoms. The summed E-state index contributed by atoms with van der Waals surface area (Å²) in [6, 6.07) is 9.46. The van der Waals surface area contributed by atoms with Gasteiger partial charge in [-0.25, -0.2) is 5.84 Å². The van der Waals surface area contributed by atoms with Crippen molar-refractivity contribution in [2.45, 2.75) is 12.5 Å². The molecule has 14 heavy (non-hydrogen) atoms. The van der Waals surface area contributed by atoms with E-state index in [4.69, 9.17) is 10.6 Å². The maximum Gasteiger partial charge on any atom is 0.240 e. The van der Waals surface area contributed by atoms with Crippen molar-refractivity contribution in [2.75, 3.05) is 0 Å². The summed E-state index contributed by atoms with van der Waals surface area (Å²) in [5, 5.41) is 0. The van der Waals surface area contributed by atoms with E-state index in [1.165, 1.54) is 0 Å². The Bertz CT molecular complexity index is 326. The average Bonchev–Trinajstić information content (AvgIpc) is 2.98. The van der Waals surface area contributed by atoms with E-state index in [1.807, 2.05) is 30.3 Å². The van der Waals surface area contributed by atoms with Crippen molar-refractivity contribution in [3.05, 3.63) is 30.3 Å². The first-order chi connectivity index (χ1) is 6.81. The minimum Gasteiger partial charge on any atom is -0.490 e. The number of carbonyl (C=O) groups is 1. The molecular weight excluding hydrogens is 180 g/mol. The fourth-order valence-electron chi connectivity index (χ4n) is 1.36. The average molecular weight is 192 g/mol. The fraction of sp³-hybridized carbons (Fsp3) is 0.300. The van der Waals surface area contributed by atoms with Crippen molar-refractivity contribution in [1.29, 1.82) is 0 Å². The van der Waals surface area contributed by atoms with Crippen LogP contribution in [0.3, 0.4) is 0 Å². The van der Waals surface area contributed by atoms with Gasteiger partial charge in [0, 0.05) is 6.42 Å². The van der Waals surface area contributed by atoms with Crippen LogP contribution in [-0.2, 0) is 4.79 Å². The first kappa shape index (κ1) is 9.02. The van der Waals surface area contributed by atoms with Crippen LogP contribution in [0.4, 0.5) is 0 Å². The molecule has 1 aromatic carbocycles. The summed E-state index contributed by atoms with van der Waals surface area (Å²) in [6.45, 7) is 0. The number of benzene rings is 1. The lowest BCUT2D eigenvalue weighted by Gasteiger charge is -2.04. The number of ether oxygens (including phenoxy) is 1. The lowest BCUT2D eigenvalue weighted by Crippen LogP contribution is -2.32. The lowest BCUT2D eigenvalue weighted by molar-refractivity contribution is -0.122. The van der Waals surface area contributed by atoms with Gasteiger partial charge in [-0.15, -0.1) is 0 Å². The predicted molar refractivity (Wildman–Crippen MR) is 51.3 cm³/mol. The maximum absolute atomic E-state index is 11.1. The van der Waals surface area contributed by atoms with Crippen molar-refractivity contribution < 1.29 is 9.53 Å². The molecule has 0 radical (unpaired) electrons. The molecule has 3 N–H and O–H groups in total. The molecule has 74 valence electrons. The molecule has 0 aliphatic heterocycles. The quantitative estimate of drug-likeness (QED) is 0.415. The van der Waals surface area contributed by atoms with Gasteiger partial charge in [0.2, 0.25) is 5.91 Å². The highest BCUT2D eigenvalue weighted by molar-refractivity contribution is 5.81. The number of carbonyl (C=O) groups excluding carboxylic acids is 1. The standard InChI is InChI=1S/C10H12N2O2/c11-12-10(13)8-6-9(8)14-7-4-2-1-3-5-7/h1-5,8-9H,6,11H2,(H,12,13)/t8-,9+/m0/s1. The molecule has 0 unspecified atom stereocenters. The zero-order chi connectivity index (χ0) is 9.97. The summed E-state index contributed by atoms with van der Waals surface area (Å²) < 4.78 is 5.54. The zero-order valence-corrected chi connectivity index (χ0v) is 7.64. The van der Waals surface area contributed by atoms with Crippen LogP contribution < -0.4 is 16.0 Å². The first-order valence-corrected chi connectivity index (χ1v) is 4.53. The number of nitrogens with one attached hydrogen (secondary N) is 1. The number of nitrogens with two attached hydrogens (primary N) is 1. The second-order valence-electron chi connectivity index (χ2n) is 3.32. The van der Waals surface area contributed by atoms with Crippen LogP contribution in [0, 0.1) is 5.92 Å². The largest absolute Gasteiger partial charge is 0.490 e. The van der Waals surface area contributed by atoms with Gasteiger partial charge in [-0.05, 0) is 12.1 Å². The van der Waals surface area contributed by atoms with E-state index in [0.717, 1.165) is 12.2 Å². The molecule has 0 aromatic heterocycles. The number of amides is 1. The van der Waals surface area contributed by atoms with Gasteiger partial charge in [-0.2, -0.15) is 0 Å². The molecular formula is C10H12N2O2. The third kappa shape index (κ3) is 1.85. The van der Waals surface area contributed by atoms with Gasteiger partial charge in [0.25, 0.3) is 0 Å².